The van der Waals surface area contributed by atoms with Crippen molar-refractivity contribution in [2.45, 2.75) is 38.7 Å². The molecule has 2 rings (SSSR count). The maximum atomic E-state index is 11.8. The van der Waals surface area contributed by atoms with Gasteiger partial charge in [-0.25, -0.2) is 4.98 Å². The normalized spacial score (nSPS) is 26.2. The van der Waals surface area contributed by atoms with Gasteiger partial charge in [0.2, 0.25) is 0 Å². The third-order valence-electron chi connectivity index (χ3n) is 4.22. The molecule has 0 aliphatic heterocycles. The van der Waals surface area contributed by atoms with Gasteiger partial charge in [0.25, 0.3) is 5.56 Å². The summed E-state index contributed by atoms with van der Waals surface area (Å²) < 4.78 is 1.47. The van der Waals surface area contributed by atoms with Crippen LogP contribution in [0.1, 0.15) is 33.1 Å². The molecule has 100 valence electrons. The highest BCUT2D eigenvalue weighted by molar-refractivity contribution is 5.31. The Morgan fingerprint density at radius 1 is 1.50 bits per heavy atom. The Bertz CT molecular complexity index is 495. The largest absolute Gasteiger partial charge is 0.387 e. The lowest BCUT2D eigenvalue weighted by Gasteiger charge is -2.36. The molecule has 1 aromatic rings. The van der Waals surface area contributed by atoms with E-state index >= 15 is 0 Å². The maximum Gasteiger partial charge on any atom is 0.293 e. The minimum atomic E-state index is -0.768. The van der Waals surface area contributed by atoms with Crippen LogP contribution in [0.4, 0.5) is 5.82 Å². The van der Waals surface area contributed by atoms with Crippen LogP contribution in [-0.2, 0) is 7.05 Å². The molecule has 2 N–H and O–H groups in total. The summed E-state index contributed by atoms with van der Waals surface area (Å²) >= 11 is 0. The SMILES string of the molecule is Cn1ccnc(NCC2(O)CCCC2(C)C)c1=O. The van der Waals surface area contributed by atoms with Crippen molar-refractivity contribution in [3.8, 4) is 0 Å². The van der Waals surface area contributed by atoms with Crippen LogP contribution >= 0.6 is 0 Å². The van der Waals surface area contributed by atoms with Crippen molar-refractivity contribution in [3.05, 3.63) is 22.7 Å². The van der Waals surface area contributed by atoms with Crippen molar-refractivity contribution >= 4 is 5.82 Å². The molecular weight excluding hydrogens is 230 g/mol. The molecule has 18 heavy (non-hydrogen) atoms. The zero-order chi connectivity index (χ0) is 13.4. The van der Waals surface area contributed by atoms with E-state index in [9.17, 15) is 9.90 Å². The van der Waals surface area contributed by atoms with Gasteiger partial charge < -0.3 is 15.0 Å². The third-order valence-corrected chi connectivity index (χ3v) is 4.22. The average molecular weight is 251 g/mol. The first-order chi connectivity index (χ1) is 8.36. The number of nitrogens with one attached hydrogen (secondary N) is 1. The van der Waals surface area contributed by atoms with Crippen LogP contribution in [0.2, 0.25) is 0 Å². The smallest absolute Gasteiger partial charge is 0.293 e. The average Bonchev–Trinajstić information content (AvgIpc) is 2.56. The van der Waals surface area contributed by atoms with Crippen LogP contribution in [0, 0.1) is 5.41 Å². The number of rotatable bonds is 3. The molecule has 0 radical (unpaired) electrons. The first-order valence-electron chi connectivity index (χ1n) is 6.34. The summed E-state index contributed by atoms with van der Waals surface area (Å²) in [4.78, 5) is 15.8. The van der Waals surface area contributed by atoms with E-state index in [1.54, 1.807) is 19.4 Å². The Morgan fingerprint density at radius 2 is 2.22 bits per heavy atom. The maximum absolute atomic E-state index is 11.8. The zero-order valence-electron chi connectivity index (χ0n) is 11.2. The molecule has 1 aliphatic rings. The molecule has 0 saturated heterocycles. The lowest BCUT2D eigenvalue weighted by molar-refractivity contribution is -0.0303. The Kier molecular flexibility index (Phi) is 3.19. The molecule has 5 nitrogen and oxygen atoms in total. The molecule has 1 heterocycles. The quantitative estimate of drug-likeness (QED) is 0.845. The van der Waals surface area contributed by atoms with E-state index in [0.29, 0.717) is 12.4 Å². The molecule has 0 spiro atoms. The predicted octanol–water partition coefficient (Wildman–Crippen LogP) is 1.13. The molecule has 0 bridgehead atoms. The van der Waals surface area contributed by atoms with Crippen LogP contribution < -0.4 is 10.9 Å². The highest BCUT2D eigenvalue weighted by Crippen LogP contribution is 2.45. The molecular formula is C13H21N3O2. The lowest BCUT2D eigenvalue weighted by Crippen LogP contribution is -2.46. The second-order valence-electron chi connectivity index (χ2n) is 5.81. The van der Waals surface area contributed by atoms with Gasteiger partial charge in [0.15, 0.2) is 5.82 Å². The van der Waals surface area contributed by atoms with E-state index < -0.39 is 5.60 Å². The van der Waals surface area contributed by atoms with E-state index in [1.165, 1.54) is 4.57 Å². The summed E-state index contributed by atoms with van der Waals surface area (Å²) in [6.07, 6.45) is 5.98. The Balaban J connectivity index is 2.13. The van der Waals surface area contributed by atoms with Crippen LogP contribution in [0.15, 0.2) is 17.2 Å². The van der Waals surface area contributed by atoms with Gasteiger partial charge in [-0.15, -0.1) is 0 Å². The monoisotopic (exact) mass is 251 g/mol. The first-order valence-corrected chi connectivity index (χ1v) is 6.34. The molecule has 0 aromatic carbocycles. The van der Waals surface area contributed by atoms with Crippen molar-refractivity contribution in [1.82, 2.24) is 9.55 Å². The van der Waals surface area contributed by atoms with Gasteiger partial charge in [0.1, 0.15) is 0 Å². The zero-order valence-corrected chi connectivity index (χ0v) is 11.2. The molecule has 1 atom stereocenters. The fraction of sp³-hybridized carbons (Fsp3) is 0.692. The number of nitrogens with zero attached hydrogens (tertiary/aromatic N) is 2. The predicted molar refractivity (Wildman–Crippen MR) is 70.5 cm³/mol. The second kappa shape index (κ2) is 4.39. The Hall–Kier alpha value is -1.36. The highest BCUT2D eigenvalue weighted by atomic mass is 16.3. The van der Waals surface area contributed by atoms with Crippen molar-refractivity contribution in [3.63, 3.8) is 0 Å². The van der Waals surface area contributed by atoms with Gasteiger partial charge in [-0.2, -0.15) is 0 Å². The molecule has 5 heteroatoms. The lowest BCUT2D eigenvalue weighted by atomic mass is 9.78. The summed E-state index contributed by atoms with van der Waals surface area (Å²) in [5.74, 6) is 0.302. The molecule has 1 aliphatic carbocycles. The fourth-order valence-corrected chi connectivity index (χ4v) is 2.57. The number of anilines is 1. The summed E-state index contributed by atoms with van der Waals surface area (Å²) in [7, 11) is 1.68. The highest BCUT2D eigenvalue weighted by Gasteiger charge is 2.47. The van der Waals surface area contributed by atoms with Gasteiger partial charge in [-0.1, -0.05) is 13.8 Å². The van der Waals surface area contributed by atoms with Crippen molar-refractivity contribution in [2.75, 3.05) is 11.9 Å². The summed E-state index contributed by atoms with van der Waals surface area (Å²) in [6, 6.07) is 0. The molecule has 1 saturated carbocycles. The second-order valence-corrected chi connectivity index (χ2v) is 5.81. The Labute approximate surface area is 107 Å². The van der Waals surface area contributed by atoms with Gasteiger partial charge in [-0.05, 0) is 24.7 Å². The van der Waals surface area contributed by atoms with E-state index in [-0.39, 0.29) is 11.0 Å². The van der Waals surface area contributed by atoms with Gasteiger partial charge in [0.05, 0.1) is 5.60 Å². The number of hydrogen-bond donors (Lipinski definition) is 2. The number of aromatic nitrogens is 2. The van der Waals surface area contributed by atoms with Crippen LogP contribution in [-0.4, -0.2) is 26.8 Å². The van der Waals surface area contributed by atoms with E-state index in [2.05, 4.69) is 24.1 Å². The molecule has 1 unspecified atom stereocenters. The minimum Gasteiger partial charge on any atom is -0.387 e. The third kappa shape index (κ3) is 2.14. The molecule has 0 amide bonds. The fourth-order valence-electron chi connectivity index (χ4n) is 2.57. The van der Waals surface area contributed by atoms with E-state index in [0.717, 1.165) is 19.3 Å². The van der Waals surface area contributed by atoms with Gasteiger partial charge >= 0.3 is 0 Å². The van der Waals surface area contributed by atoms with Crippen LogP contribution in [0.25, 0.3) is 0 Å². The molecule has 1 aromatic heterocycles. The van der Waals surface area contributed by atoms with Crippen molar-refractivity contribution < 1.29 is 5.11 Å². The van der Waals surface area contributed by atoms with Gasteiger partial charge in [0, 0.05) is 26.0 Å². The topological polar surface area (TPSA) is 67.2 Å². The van der Waals surface area contributed by atoms with Gasteiger partial charge in [-0.3, -0.25) is 4.79 Å². The van der Waals surface area contributed by atoms with E-state index in [4.69, 9.17) is 0 Å². The number of hydrogen-bond acceptors (Lipinski definition) is 4. The minimum absolute atomic E-state index is 0.125. The van der Waals surface area contributed by atoms with Crippen LogP contribution in [0.5, 0.6) is 0 Å². The summed E-state index contributed by atoms with van der Waals surface area (Å²) in [5.41, 5.74) is -1.06. The number of aliphatic hydroxyl groups is 1. The van der Waals surface area contributed by atoms with Crippen molar-refractivity contribution in [1.29, 1.82) is 0 Å². The summed E-state index contributed by atoms with van der Waals surface area (Å²) in [6.45, 7) is 4.50. The van der Waals surface area contributed by atoms with Crippen LogP contribution in [0.3, 0.4) is 0 Å². The van der Waals surface area contributed by atoms with Crippen molar-refractivity contribution in [2.24, 2.45) is 12.5 Å². The first kappa shape index (κ1) is 13.1. The summed E-state index contributed by atoms with van der Waals surface area (Å²) in [5, 5.41) is 13.6. The standard InChI is InChI=1S/C13H21N3O2/c1-12(2)5-4-6-13(12,18)9-15-10-11(17)16(3)8-7-14-10/h7-8,18H,4-6,9H2,1-3H3,(H,14,15). The molecule has 1 fully saturated rings. The number of aryl methyl sites for hydroxylation is 1. The Morgan fingerprint density at radius 3 is 2.83 bits per heavy atom. The van der Waals surface area contributed by atoms with E-state index in [1.807, 2.05) is 0 Å².